The van der Waals surface area contributed by atoms with Crippen LogP contribution in [0.5, 0.6) is 0 Å². The summed E-state index contributed by atoms with van der Waals surface area (Å²) in [5.41, 5.74) is 1.33. The van der Waals surface area contributed by atoms with Gasteiger partial charge in [-0.3, -0.25) is 0 Å². The second-order valence-electron chi connectivity index (χ2n) is 4.14. The SMILES string of the molecule is O=S(=O)(Cl)CCC1(c2ccccc2)CC1. The van der Waals surface area contributed by atoms with Crippen molar-refractivity contribution in [2.45, 2.75) is 24.7 Å². The molecule has 0 atom stereocenters. The maximum Gasteiger partial charge on any atom is 0.232 e. The molecular formula is C11H13ClO2S. The summed E-state index contributed by atoms with van der Waals surface area (Å²) in [5, 5.41) is 0. The first kappa shape index (κ1) is 11.0. The average Bonchev–Trinajstić information content (AvgIpc) is 2.96. The Hall–Kier alpha value is -0.540. The van der Waals surface area contributed by atoms with E-state index in [-0.39, 0.29) is 11.2 Å². The molecule has 0 unspecified atom stereocenters. The molecule has 0 amide bonds. The number of hydrogen-bond acceptors (Lipinski definition) is 2. The molecule has 2 rings (SSSR count). The van der Waals surface area contributed by atoms with E-state index in [1.165, 1.54) is 5.56 Å². The van der Waals surface area contributed by atoms with Crippen molar-refractivity contribution in [2.75, 3.05) is 5.75 Å². The van der Waals surface area contributed by atoms with Gasteiger partial charge in [-0.25, -0.2) is 8.42 Å². The Bertz CT molecular complexity index is 435. The predicted molar refractivity (Wildman–Crippen MR) is 61.6 cm³/mol. The Balaban J connectivity index is 2.09. The first-order chi connectivity index (χ1) is 7.02. The number of hydrogen-bond donors (Lipinski definition) is 0. The number of benzene rings is 1. The van der Waals surface area contributed by atoms with Crippen molar-refractivity contribution < 1.29 is 8.42 Å². The molecule has 0 saturated heterocycles. The lowest BCUT2D eigenvalue weighted by molar-refractivity contribution is 0.594. The molecule has 15 heavy (non-hydrogen) atoms. The fourth-order valence-electron chi connectivity index (χ4n) is 1.94. The highest BCUT2D eigenvalue weighted by molar-refractivity contribution is 8.13. The van der Waals surface area contributed by atoms with E-state index in [0.717, 1.165) is 12.8 Å². The highest BCUT2D eigenvalue weighted by atomic mass is 35.7. The third-order valence-corrected chi connectivity index (χ3v) is 4.22. The van der Waals surface area contributed by atoms with Crippen molar-refractivity contribution in [1.29, 1.82) is 0 Å². The quantitative estimate of drug-likeness (QED) is 0.764. The molecule has 0 N–H and O–H groups in total. The second-order valence-corrected chi connectivity index (χ2v) is 7.04. The molecule has 0 aromatic heterocycles. The molecule has 82 valence electrons. The van der Waals surface area contributed by atoms with Gasteiger partial charge in [-0.1, -0.05) is 30.3 Å². The van der Waals surface area contributed by atoms with Crippen molar-refractivity contribution in [2.24, 2.45) is 0 Å². The molecule has 1 saturated carbocycles. The van der Waals surface area contributed by atoms with Crippen molar-refractivity contribution in [3.8, 4) is 0 Å². The minimum absolute atomic E-state index is 0.0729. The fourth-order valence-corrected chi connectivity index (χ4v) is 2.81. The van der Waals surface area contributed by atoms with E-state index < -0.39 is 9.05 Å². The maximum atomic E-state index is 10.9. The normalized spacial score (nSPS) is 18.7. The van der Waals surface area contributed by atoms with Crippen LogP contribution in [0.25, 0.3) is 0 Å². The van der Waals surface area contributed by atoms with E-state index >= 15 is 0 Å². The zero-order valence-electron chi connectivity index (χ0n) is 8.32. The largest absolute Gasteiger partial charge is 0.232 e. The number of halogens is 1. The first-order valence-corrected chi connectivity index (χ1v) is 7.48. The van der Waals surface area contributed by atoms with Crippen molar-refractivity contribution >= 4 is 19.7 Å². The van der Waals surface area contributed by atoms with Crippen LogP contribution in [0.4, 0.5) is 0 Å². The van der Waals surface area contributed by atoms with Gasteiger partial charge in [-0.15, -0.1) is 0 Å². The first-order valence-electron chi connectivity index (χ1n) is 5.00. The Labute approximate surface area is 94.7 Å². The van der Waals surface area contributed by atoms with Crippen LogP contribution < -0.4 is 0 Å². The van der Waals surface area contributed by atoms with E-state index in [9.17, 15) is 8.42 Å². The van der Waals surface area contributed by atoms with Crippen LogP contribution in [0, 0.1) is 0 Å². The fraction of sp³-hybridized carbons (Fsp3) is 0.455. The molecule has 0 spiro atoms. The molecule has 1 aromatic carbocycles. The molecule has 1 aliphatic carbocycles. The van der Waals surface area contributed by atoms with Gasteiger partial charge in [-0.05, 0) is 30.2 Å². The summed E-state index contributed by atoms with van der Waals surface area (Å²) in [6.45, 7) is 0. The van der Waals surface area contributed by atoms with Crippen LogP contribution in [-0.4, -0.2) is 14.2 Å². The van der Waals surface area contributed by atoms with E-state index in [1.807, 2.05) is 18.2 Å². The van der Waals surface area contributed by atoms with E-state index in [2.05, 4.69) is 12.1 Å². The summed E-state index contributed by atoms with van der Waals surface area (Å²) < 4.78 is 21.8. The predicted octanol–water partition coefficient (Wildman–Crippen LogP) is 2.68. The number of rotatable bonds is 4. The van der Waals surface area contributed by atoms with Crippen molar-refractivity contribution in [1.82, 2.24) is 0 Å². The zero-order chi connectivity index (χ0) is 10.9. The molecule has 0 aliphatic heterocycles. The molecular weight excluding hydrogens is 232 g/mol. The maximum absolute atomic E-state index is 10.9. The topological polar surface area (TPSA) is 34.1 Å². The van der Waals surface area contributed by atoms with Crippen LogP contribution in [-0.2, 0) is 14.5 Å². The monoisotopic (exact) mass is 244 g/mol. The smallest absolute Gasteiger partial charge is 0.212 e. The summed E-state index contributed by atoms with van der Waals surface area (Å²) in [6.07, 6.45) is 2.79. The van der Waals surface area contributed by atoms with Gasteiger partial charge in [0.1, 0.15) is 0 Å². The van der Waals surface area contributed by atoms with Crippen molar-refractivity contribution in [3.05, 3.63) is 35.9 Å². The van der Waals surface area contributed by atoms with Gasteiger partial charge < -0.3 is 0 Å². The highest BCUT2D eigenvalue weighted by Gasteiger charge is 2.44. The van der Waals surface area contributed by atoms with Gasteiger partial charge in [0.15, 0.2) is 0 Å². The minimum Gasteiger partial charge on any atom is -0.212 e. The molecule has 1 aliphatic rings. The van der Waals surface area contributed by atoms with E-state index in [1.54, 1.807) is 0 Å². The lowest BCUT2D eigenvalue weighted by Crippen LogP contribution is -2.11. The van der Waals surface area contributed by atoms with E-state index in [4.69, 9.17) is 10.7 Å². The van der Waals surface area contributed by atoms with Crippen LogP contribution in [0.1, 0.15) is 24.8 Å². The zero-order valence-corrected chi connectivity index (χ0v) is 9.89. The van der Waals surface area contributed by atoms with Crippen LogP contribution in [0.3, 0.4) is 0 Å². The second kappa shape index (κ2) is 3.80. The molecule has 1 fully saturated rings. The van der Waals surface area contributed by atoms with Gasteiger partial charge in [0.25, 0.3) is 0 Å². The van der Waals surface area contributed by atoms with Crippen LogP contribution in [0.2, 0.25) is 0 Å². The molecule has 0 heterocycles. The van der Waals surface area contributed by atoms with Gasteiger partial charge in [0.05, 0.1) is 5.75 Å². The molecule has 0 radical (unpaired) electrons. The molecule has 2 nitrogen and oxygen atoms in total. The summed E-state index contributed by atoms with van der Waals surface area (Å²) in [6, 6.07) is 10.1. The van der Waals surface area contributed by atoms with E-state index in [0.29, 0.717) is 6.42 Å². The Kier molecular flexibility index (Phi) is 2.77. The lowest BCUT2D eigenvalue weighted by Gasteiger charge is -2.14. The van der Waals surface area contributed by atoms with Crippen LogP contribution in [0.15, 0.2) is 30.3 Å². The van der Waals surface area contributed by atoms with Gasteiger partial charge >= 0.3 is 0 Å². The minimum atomic E-state index is -3.35. The third-order valence-electron chi connectivity index (χ3n) is 3.06. The molecule has 1 aromatic rings. The Morgan fingerprint density at radius 3 is 2.27 bits per heavy atom. The van der Waals surface area contributed by atoms with Gasteiger partial charge in [-0.2, -0.15) is 0 Å². The summed E-state index contributed by atoms with van der Waals surface area (Å²) in [7, 11) is 1.87. The summed E-state index contributed by atoms with van der Waals surface area (Å²) in [4.78, 5) is 0. The summed E-state index contributed by atoms with van der Waals surface area (Å²) in [5.74, 6) is 0.0729. The standard InChI is InChI=1S/C11H13ClO2S/c12-15(13,14)9-8-11(6-7-11)10-4-2-1-3-5-10/h1-5H,6-9H2. The molecule has 4 heteroatoms. The van der Waals surface area contributed by atoms with Crippen molar-refractivity contribution in [3.63, 3.8) is 0 Å². The van der Waals surface area contributed by atoms with Crippen LogP contribution >= 0.6 is 10.7 Å². The van der Waals surface area contributed by atoms with Gasteiger partial charge in [0, 0.05) is 10.7 Å². The molecule has 0 bridgehead atoms. The Morgan fingerprint density at radius 2 is 1.80 bits per heavy atom. The summed E-state index contributed by atoms with van der Waals surface area (Å²) >= 11 is 0. The lowest BCUT2D eigenvalue weighted by atomic mass is 9.93. The third kappa shape index (κ3) is 2.73. The average molecular weight is 245 g/mol. The van der Waals surface area contributed by atoms with Gasteiger partial charge in [0.2, 0.25) is 9.05 Å². The Morgan fingerprint density at radius 1 is 1.20 bits per heavy atom. The highest BCUT2D eigenvalue weighted by Crippen LogP contribution is 2.51.